The van der Waals surface area contributed by atoms with Crippen molar-refractivity contribution in [1.29, 1.82) is 0 Å². The number of carbonyl (C=O) groups is 1. The van der Waals surface area contributed by atoms with Crippen molar-refractivity contribution in [2.24, 2.45) is 0 Å². The molecule has 0 saturated heterocycles. The van der Waals surface area contributed by atoms with Gasteiger partial charge in [0, 0.05) is 5.02 Å². The molecule has 1 amide bonds. The van der Waals surface area contributed by atoms with Gasteiger partial charge in [-0.25, -0.2) is 0 Å². The summed E-state index contributed by atoms with van der Waals surface area (Å²) in [6, 6.07) is 8.06. The summed E-state index contributed by atoms with van der Waals surface area (Å²) in [5.74, 6) is -0.0410. The van der Waals surface area contributed by atoms with E-state index >= 15 is 0 Å². The third kappa shape index (κ3) is 3.38. The quantitative estimate of drug-likeness (QED) is 0.730. The Bertz CT molecular complexity index is 789. The number of aliphatic hydroxyl groups is 1. The minimum atomic E-state index is -0.940. The summed E-state index contributed by atoms with van der Waals surface area (Å²) in [7, 11) is 0. The van der Waals surface area contributed by atoms with Crippen LogP contribution >= 0.6 is 11.6 Å². The zero-order valence-corrected chi connectivity index (χ0v) is 12.5. The van der Waals surface area contributed by atoms with E-state index in [0.717, 1.165) is 0 Å². The van der Waals surface area contributed by atoms with Crippen LogP contribution in [0.15, 0.2) is 47.3 Å². The molecular weight excluding hydrogens is 322 g/mol. The molecule has 23 heavy (non-hydrogen) atoms. The van der Waals surface area contributed by atoms with E-state index in [1.807, 2.05) is 0 Å². The van der Waals surface area contributed by atoms with Crippen LogP contribution in [0.3, 0.4) is 0 Å². The molecule has 3 aromatic rings. The molecule has 0 aliphatic rings. The van der Waals surface area contributed by atoms with Gasteiger partial charge >= 0.3 is 0 Å². The van der Waals surface area contributed by atoms with E-state index in [2.05, 4.69) is 20.8 Å². The van der Waals surface area contributed by atoms with E-state index in [1.54, 1.807) is 24.3 Å². The number of aliphatic hydroxyl groups excluding tert-OH is 1. The van der Waals surface area contributed by atoms with E-state index < -0.39 is 12.0 Å². The van der Waals surface area contributed by atoms with Crippen molar-refractivity contribution in [3.05, 3.63) is 59.3 Å². The van der Waals surface area contributed by atoms with Crippen LogP contribution in [0.2, 0.25) is 5.02 Å². The molecule has 3 rings (SSSR count). The Labute approximate surface area is 135 Å². The Kier molecular flexibility index (Phi) is 4.35. The lowest BCUT2D eigenvalue weighted by Crippen LogP contribution is -2.29. The number of nitrogens with zero attached hydrogens (tertiary/aromatic N) is 4. The van der Waals surface area contributed by atoms with E-state index in [0.29, 0.717) is 16.5 Å². The fourth-order valence-electron chi connectivity index (χ4n) is 2.03. The van der Waals surface area contributed by atoms with E-state index in [1.165, 1.54) is 23.3 Å². The molecule has 0 fully saturated rings. The second kappa shape index (κ2) is 6.59. The molecule has 1 aromatic carbocycles. The van der Waals surface area contributed by atoms with Crippen molar-refractivity contribution in [3.63, 3.8) is 0 Å². The lowest BCUT2D eigenvalue weighted by atomic mass is 10.1. The molecule has 0 aliphatic heterocycles. The largest absolute Gasteiger partial charge is 0.467 e. The van der Waals surface area contributed by atoms with Gasteiger partial charge < -0.3 is 14.8 Å². The highest BCUT2D eigenvalue weighted by atomic mass is 35.5. The number of tetrazole rings is 1. The molecule has 2 aromatic heterocycles. The molecule has 0 aliphatic carbocycles. The van der Waals surface area contributed by atoms with Gasteiger partial charge in [-0.05, 0) is 40.8 Å². The summed E-state index contributed by atoms with van der Waals surface area (Å²) in [5.41, 5.74) is 0.765. The van der Waals surface area contributed by atoms with Crippen molar-refractivity contribution in [2.75, 3.05) is 6.54 Å². The monoisotopic (exact) mass is 333 g/mol. The molecule has 0 bridgehead atoms. The number of furan rings is 1. The molecule has 0 spiro atoms. The van der Waals surface area contributed by atoms with Gasteiger partial charge in [0.05, 0.1) is 24.1 Å². The second-order valence-electron chi connectivity index (χ2n) is 4.66. The lowest BCUT2D eigenvalue weighted by molar-refractivity contribution is 0.0901. The standard InChI is InChI=1S/C14H12ClN5O3/c15-9-3-4-11(20-8-17-18-19-20)10(6-9)14(22)16-7-12(21)13-2-1-5-23-13/h1-6,8,12,21H,7H2,(H,16,22). The number of hydrogen-bond donors (Lipinski definition) is 2. The second-order valence-corrected chi connectivity index (χ2v) is 5.09. The van der Waals surface area contributed by atoms with Gasteiger partial charge in [0.1, 0.15) is 18.2 Å². The number of benzene rings is 1. The van der Waals surface area contributed by atoms with Crippen molar-refractivity contribution >= 4 is 17.5 Å². The van der Waals surface area contributed by atoms with Crippen molar-refractivity contribution < 1.29 is 14.3 Å². The van der Waals surface area contributed by atoms with Gasteiger partial charge in [-0.2, -0.15) is 4.68 Å². The van der Waals surface area contributed by atoms with E-state index in [9.17, 15) is 9.90 Å². The first-order valence-electron chi connectivity index (χ1n) is 6.67. The van der Waals surface area contributed by atoms with Crippen LogP contribution in [0.5, 0.6) is 0 Å². The van der Waals surface area contributed by atoms with Crippen molar-refractivity contribution in [1.82, 2.24) is 25.5 Å². The molecule has 0 radical (unpaired) electrons. The smallest absolute Gasteiger partial charge is 0.253 e. The van der Waals surface area contributed by atoms with Gasteiger partial charge in [0.2, 0.25) is 0 Å². The minimum absolute atomic E-state index is 0.00604. The molecular formula is C14H12ClN5O3. The number of carbonyl (C=O) groups excluding carboxylic acids is 1. The van der Waals surface area contributed by atoms with Crippen LogP contribution in [-0.4, -0.2) is 37.8 Å². The number of amides is 1. The fourth-order valence-corrected chi connectivity index (χ4v) is 2.20. The molecule has 8 nitrogen and oxygen atoms in total. The molecule has 0 saturated carbocycles. The highest BCUT2D eigenvalue weighted by Crippen LogP contribution is 2.19. The zero-order valence-electron chi connectivity index (χ0n) is 11.8. The topological polar surface area (TPSA) is 106 Å². The van der Waals surface area contributed by atoms with Crippen LogP contribution in [0.4, 0.5) is 0 Å². The molecule has 9 heteroatoms. The van der Waals surface area contributed by atoms with Crippen LogP contribution < -0.4 is 5.32 Å². The average molecular weight is 334 g/mol. The Balaban J connectivity index is 1.78. The Hall–Kier alpha value is -2.71. The number of halogens is 1. The highest BCUT2D eigenvalue weighted by Gasteiger charge is 2.17. The van der Waals surface area contributed by atoms with Crippen LogP contribution in [0, 0.1) is 0 Å². The molecule has 1 atom stereocenters. The predicted molar refractivity (Wildman–Crippen MR) is 80.2 cm³/mol. The van der Waals surface area contributed by atoms with E-state index in [4.69, 9.17) is 16.0 Å². The summed E-state index contributed by atoms with van der Waals surface area (Å²) in [6.45, 7) is -0.00604. The molecule has 2 heterocycles. The van der Waals surface area contributed by atoms with Crippen molar-refractivity contribution in [2.45, 2.75) is 6.10 Å². The Morgan fingerprint density at radius 2 is 2.30 bits per heavy atom. The number of nitrogens with one attached hydrogen (secondary N) is 1. The summed E-state index contributed by atoms with van der Waals surface area (Å²) in [5, 5.41) is 23.8. The Morgan fingerprint density at radius 3 is 3.00 bits per heavy atom. The third-order valence-electron chi connectivity index (χ3n) is 3.13. The van der Waals surface area contributed by atoms with Gasteiger partial charge in [0.25, 0.3) is 5.91 Å². The van der Waals surface area contributed by atoms with Gasteiger partial charge in [-0.15, -0.1) is 5.10 Å². The summed E-state index contributed by atoms with van der Waals surface area (Å²) in [6.07, 6.45) is 1.88. The molecule has 1 unspecified atom stereocenters. The van der Waals surface area contributed by atoms with Crippen LogP contribution in [-0.2, 0) is 0 Å². The van der Waals surface area contributed by atoms with Gasteiger partial charge in [-0.3, -0.25) is 4.79 Å². The highest BCUT2D eigenvalue weighted by molar-refractivity contribution is 6.31. The SMILES string of the molecule is O=C(NCC(O)c1ccco1)c1cc(Cl)ccc1-n1cnnn1. The maximum absolute atomic E-state index is 12.4. The fraction of sp³-hybridized carbons (Fsp3) is 0.143. The molecule has 118 valence electrons. The predicted octanol–water partition coefficient (Wildman–Crippen LogP) is 1.37. The first kappa shape index (κ1) is 15.2. The van der Waals surface area contributed by atoms with Crippen LogP contribution in [0.25, 0.3) is 5.69 Å². The normalized spacial score (nSPS) is 12.1. The summed E-state index contributed by atoms with van der Waals surface area (Å²) in [4.78, 5) is 12.4. The maximum atomic E-state index is 12.4. The lowest BCUT2D eigenvalue weighted by Gasteiger charge is -2.12. The third-order valence-corrected chi connectivity index (χ3v) is 3.36. The first-order chi connectivity index (χ1) is 11.1. The minimum Gasteiger partial charge on any atom is -0.467 e. The van der Waals surface area contributed by atoms with E-state index in [-0.39, 0.29) is 12.1 Å². The summed E-state index contributed by atoms with van der Waals surface area (Å²) >= 11 is 5.96. The average Bonchev–Trinajstić information content (AvgIpc) is 3.25. The maximum Gasteiger partial charge on any atom is 0.253 e. The summed E-state index contributed by atoms with van der Waals surface area (Å²) < 4.78 is 6.44. The van der Waals surface area contributed by atoms with Gasteiger partial charge in [-0.1, -0.05) is 11.6 Å². The first-order valence-corrected chi connectivity index (χ1v) is 7.05. The number of hydrogen-bond acceptors (Lipinski definition) is 6. The molecule has 2 N–H and O–H groups in total. The Morgan fingerprint density at radius 1 is 1.43 bits per heavy atom. The van der Waals surface area contributed by atoms with Gasteiger partial charge in [0.15, 0.2) is 0 Å². The zero-order chi connectivity index (χ0) is 16.2. The van der Waals surface area contributed by atoms with Crippen LogP contribution in [0.1, 0.15) is 22.2 Å². The number of rotatable bonds is 5. The number of aromatic nitrogens is 4. The van der Waals surface area contributed by atoms with Crippen molar-refractivity contribution in [3.8, 4) is 5.69 Å².